The van der Waals surface area contributed by atoms with Gasteiger partial charge in [-0.15, -0.1) is 0 Å². The lowest BCUT2D eigenvalue weighted by Gasteiger charge is -2.23. The molecule has 2 rings (SSSR count). The third kappa shape index (κ3) is 8.23. The number of hydrogen-bond acceptors (Lipinski definition) is 5. The number of halogens is 1. The molecule has 8 heteroatoms. The van der Waals surface area contributed by atoms with Crippen LogP contribution in [0.3, 0.4) is 0 Å². The van der Waals surface area contributed by atoms with Crippen molar-refractivity contribution in [1.29, 1.82) is 0 Å². The molecule has 0 spiro atoms. The van der Waals surface area contributed by atoms with Crippen LogP contribution in [0.1, 0.15) is 46.0 Å². The predicted molar refractivity (Wildman–Crippen MR) is 113 cm³/mol. The van der Waals surface area contributed by atoms with Crippen LogP contribution in [-0.2, 0) is 4.79 Å². The second kappa shape index (κ2) is 12.4. The fraction of sp³-hybridized carbons (Fsp3) is 0.737. The van der Waals surface area contributed by atoms with Gasteiger partial charge in [0.2, 0.25) is 5.91 Å². The highest BCUT2D eigenvalue weighted by atomic mass is 35.5. The highest BCUT2D eigenvalue weighted by Gasteiger charge is 2.14. The maximum absolute atomic E-state index is 12.1. The summed E-state index contributed by atoms with van der Waals surface area (Å²) in [5, 5.41) is 4.00. The van der Waals surface area contributed by atoms with E-state index >= 15 is 0 Å². The average molecular weight is 415 g/mol. The number of anilines is 1. The second-order valence-corrected chi connectivity index (χ2v) is 8.35. The van der Waals surface area contributed by atoms with Gasteiger partial charge in [-0.25, -0.2) is 9.97 Å². The normalized spacial score (nSPS) is 14.9. The molecule has 1 saturated heterocycles. The predicted octanol–water partition coefficient (Wildman–Crippen LogP) is 2.03. The van der Waals surface area contributed by atoms with Crippen molar-refractivity contribution in [3.8, 4) is 0 Å². The first-order valence-corrected chi connectivity index (χ1v) is 11.5. The minimum absolute atomic E-state index is 0.0282. The number of aromatic nitrogens is 2. The molecule has 2 heterocycles. The molecule has 0 saturated carbocycles. The SMILES string of the molecule is CCCN(CCC)c1cc(Cl)nc(SCC(=O)NCC[NH+]2CCCCC2)n1. The van der Waals surface area contributed by atoms with E-state index in [-0.39, 0.29) is 5.91 Å². The minimum Gasteiger partial charge on any atom is -0.356 e. The monoisotopic (exact) mass is 414 g/mol. The van der Waals surface area contributed by atoms with E-state index in [2.05, 4.69) is 34.0 Å². The molecule has 1 aliphatic heterocycles. The molecule has 1 aromatic heterocycles. The third-order valence-corrected chi connectivity index (χ3v) is 5.71. The van der Waals surface area contributed by atoms with Gasteiger partial charge in [-0.05, 0) is 32.1 Å². The van der Waals surface area contributed by atoms with Crippen LogP contribution in [0.2, 0.25) is 5.15 Å². The summed E-state index contributed by atoms with van der Waals surface area (Å²) in [6.45, 7) is 10.4. The number of hydrogen-bond donors (Lipinski definition) is 2. The largest absolute Gasteiger partial charge is 0.356 e. The van der Waals surface area contributed by atoms with Crippen molar-refractivity contribution in [2.75, 3.05) is 49.9 Å². The van der Waals surface area contributed by atoms with Crippen LogP contribution in [0.15, 0.2) is 11.2 Å². The van der Waals surface area contributed by atoms with Crippen molar-refractivity contribution >= 4 is 35.1 Å². The van der Waals surface area contributed by atoms with Gasteiger partial charge in [-0.2, -0.15) is 0 Å². The van der Waals surface area contributed by atoms with Gasteiger partial charge in [0.1, 0.15) is 11.0 Å². The Kier molecular flexibility index (Phi) is 10.2. The highest BCUT2D eigenvalue weighted by molar-refractivity contribution is 7.99. The van der Waals surface area contributed by atoms with Gasteiger partial charge in [0.15, 0.2) is 5.16 Å². The lowest BCUT2D eigenvalue weighted by molar-refractivity contribution is -0.903. The number of nitrogens with zero attached hydrogens (tertiary/aromatic N) is 3. The molecule has 6 nitrogen and oxygen atoms in total. The van der Waals surface area contributed by atoms with E-state index in [4.69, 9.17) is 11.6 Å². The molecular weight excluding hydrogens is 382 g/mol. The van der Waals surface area contributed by atoms with Crippen LogP contribution in [0.5, 0.6) is 0 Å². The van der Waals surface area contributed by atoms with Crippen molar-refractivity contribution in [3.05, 3.63) is 11.2 Å². The van der Waals surface area contributed by atoms with Crippen LogP contribution in [0, 0.1) is 0 Å². The van der Waals surface area contributed by atoms with E-state index in [0.717, 1.165) is 44.8 Å². The molecule has 1 amide bonds. The Bertz CT molecular complexity index is 577. The summed E-state index contributed by atoms with van der Waals surface area (Å²) in [6.07, 6.45) is 6.06. The van der Waals surface area contributed by atoms with E-state index in [1.807, 2.05) is 0 Å². The zero-order valence-corrected chi connectivity index (χ0v) is 18.2. The number of quaternary nitrogens is 1. The Hall–Kier alpha value is -1.05. The summed E-state index contributed by atoms with van der Waals surface area (Å²) >= 11 is 7.53. The van der Waals surface area contributed by atoms with Crippen molar-refractivity contribution in [3.63, 3.8) is 0 Å². The summed E-state index contributed by atoms with van der Waals surface area (Å²) in [4.78, 5) is 24.8. The molecule has 152 valence electrons. The number of thioether (sulfide) groups is 1. The molecule has 0 bridgehead atoms. The number of carbonyl (C=O) groups excluding carboxylic acids is 1. The fourth-order valence-corrected chi connectivity index (χ4v) is 4.27. The van der Waals surface area contributed by atoms with Gasteiger partial charge in [0, 0.05) is 19.2 Å². The van der Waals surface area contributed by atoms with Crippen LogP contribution in [0.4, 0.5) is 5.82 Å². The number of nitrogens with one attached hydrogen (secondary N) is 2. The van der Waals surface area contributed by atoms with Gasteiger partial charge in [-0.3, -0.25) is 4.79 Å². The van der Waals surface area contributed by atoms with E-state index in [1.165, 1.54) is 44.1 Å². The van der Waals surface area contributed by atoms with Crippen molar-refractivity contribution < 1.29 is 9.69 Å². The van der Waals surface area contributed by atoms with Gasteiger partial charge in [0.25, 0.3) is 0 Å². The van der Waals surface area contributed by atoms with Crippen LogP contribution < -0.4 is 15.1 Å². The lowest BCUT2D eigenvalue weighted by atomic mass is 10.1. The average Bonchev–Trinajstić information content (AvgIpc) is 2.67. The summed E-state index contributed by atoms with van der Waals surface area (Å²) in [5.74, 6) is 1.19. The first-order chi connectivity index (χ1) is 13.1. The van der Waals surface area contributed by atoms with E-state index in [0.29, 0.717) is 16.1 Å². The maximum atomic E-state index is 12.1. The van der Waals surface area contributed by atoms with Gasteiger partial charge in [-0.1, -0.05) is 37.2 Å². The summed E-state index contributed by atoms with van der Waals surface area (Å²) in [6, 6.07) is 1.80. The number of likely N-dealkylation sites (tertiary alicyclic amines) is 1. The quantitative estimate of drug-likeness (QED) is 0.329. The Labute approximate surface area is 172 Å². The number of rotatable bonds is 11. The molecule has 27 heavy (non-hydrogen) atoms. The molecule has 0 aromatic carbocycles. The Morgan fingerprint density at radius 3 is 2.59 bits per heavy atom. The topological polar surface area (TPSA) is 62.6 Å². The molecule has 0 unspecified atom stereocenters. The number of amides is 1. The summed E-state index contributed by atoms with van der Waals surface area (Å²) < 4.78 is 0. The van der Waals surface area contributed by atoms with Crippen LogP contribution in [0.25, 0.3) is 0 Å². The molecule has 1 aliphatic rings. The second-order valence-electron chi connectivity index (χ2n) is 7.02. The number of piperidine rings is 1. The van der Waals surface area contributed by atoms with Gasteiger partial charge < -0.3 is 15.1 Å². The zero-order valence-electron chi connectivity index (χ0n) is 16.6. The molecule has 0 aliphatic carbocycles. The van der Waals surface area contributed by atoms with E-state index < -0.39 is 0 Å². The Morgan fingerprint density at radius 1 is 1.22 bits per heavy atom. The first-order valence-electron chi connectivity index (χ1n) is 10.1. The van der Waals surface area contributed by atoms with Crippen molar-refractivity contribution in [2.45, 2.75) is 51.1 Å². The third-order valence-electron chi connectivity index (χ3n) is 4.67. The smallest absolute Gasteiger partial charge is 0.230 e. The lowest BCUT2D eigenvalue weighted by Crippen LogP contribution is -3.13. The molecular formula is C19H33ClN5OS+. The van der Waals surface area contributed by atoms with Crippen LogP contribution in [-0.4, -0.2) is 60.9 Å². The van der Waals surface area contributed by atoms with Gasteiger partial charge in [0.05, 0.1) is 31.9 Å². The summed E-state index contributed by atoms with van der Waals surface area (Å²) in [5.41, 5.74) is 0. The Morgan fingerprint density at radius 2 is 1.93 bits per heavy atom. The molecule has 1 aromatic rings. The Balaban J connectivity index is 1.80. The van der Waals surface area contributed by atoms with Crippen LogP contribution >= 0.6 is 23.4 Å². The van der Waals surface area contributed by atoms with E-state index in [1.54, 1.807) is 11.0 Å². The molecule has 0 atom stereocenters. The zero-order chi connectivity index (χ0) is 19.5. The van der Waals surface area contributed by atoms with Gasteiger partial charge >= 0.3 is 0 Å². The van der Waals surface area contributed by atoms with E-state index in [9.17, 15) is 4.79 Å². The first kappa shape index (κ1) is 22.2. The molecule has 2 N–H and O–H groups in total. The molecule has 1 fully saturated rings. The number of carbonyl (C=O) groups is 1. The molecule has 0 radical (unpaired) electrons. The van der Waals surface area contributed by atoms with Crippen molar-refractivity contribution in [2.24, 2.45) is 0 Å². The standard InChI is InChI=1S/C19H32ClN5OS/c1-3-9-25(10-4-2)17-14-16(20)22-19(23-17)27-15-18(26)21-8-13-24-11-6-5-7-12-24/h14H,3-13,15H2,1-2H3,(H,21,26)/p+1. The minimum atomic E-state index is 0.0282. The maximum Gasteiger partial charge on any atom is 0.230 e. The fourth-order valence-electron chi connectivity index (χ4n) is 3.35. The van der Waals surface area contributed by atoms with Crippen molar-refractivity contribution in [1.82, 2.24) is 15.3 Å². The summed E-state index contributed by atoms with van der Waals surface area (Å²) in [7, 11) is 0. The highest BCUT2D eigenvalue weighted by Crippen LogP contribution is 2.22.